The number of benzene rings is 2. The highest BCUT2D eigenvalue weighted by atomic mass is 16.6. The zero-order valence-electron chi connectivity index (χ0n) is 30.0. The predicted molar refractivity (Wildman–Crippen MR) is 190 cm³/mol. The van der Waals surface area contributed by atoms with Gasteiger partial charge < -0.3 is 19.3 Å². The summed E-state index contributed by atoms with van der Waals surface area (Å²) in [5, 5.41) is 0. The van der Waals surface area contributed by atoms with Crippen LogP contribution >= 0.6 is 0 Å². The SMILES string of the molecule is CCCCc1ccc(C2=CCN(C(=O)OC(C)(C)C)CC2)cc1.CCCCc1ccc(C2CCN(C(=O)OC(C)(C)C)CC2)cc1. The van der Waals surface area contributed by atoms with E-state index < -0.39 is 11.2 Å². The smallest absolute Gasteiger partial charge is 0.410 e. The zero-order valence-corrected chi connectivity index (χ0v) is 30.0. The first-order valence-electron chi connectivity index (χ1n) is 17.6. The molecule has 2 aliphatic rings. The van der Waals surface area contributed by atoms with Crippen molar-refractivity contribution >= 4 is 17.8 Å². The molecule has 4 rings (SSSR count). The van der Waals surface area contributed by atoms with Gasteiger partial charge in [-0.2, -0.15) is 0 Å². The van der Waals surface area contributed by atoms with Gasteiger partial charge in [0.05, 0.1) is 0 Å². The lowest BCUT2D eigenvalue weighted by atomic mass is 9.89. The minimum Gasteiger partial charge on any atom is -0.444 e. The molecule has 0 bridgehead atoms. The van der Waals surface area contributed by atoms with Gasteiger partial charge in [-0.05, 0) is 120 Å². The second-order valence-electron chi connectivity index (χ2n) is 14.8. The molecular weight excluding hydrogens is 572 g/mol. The molecule has 0 spiro atoms. The third kappa shape index (κ3) is 12.8. The maximum absolute atomic E-state index is 12.1. The Morgan fingerprint density at radius 3 is 1.61 bits per heavy atom. The lowest BCUT2D eigenvalue weighted by Gasteiger charge is -2.33. The fraction of sp³-hybridized carbons (Fsp3) is 0.600. The van der Waals surface area contributed by atoms with Crippen molar-refractivity contribution in [3.8, 4) is 0 Å². The highest BCUT2D eigenvalue weighted by Crippen LogP contribution is 2.29. The van der Waals surface area contributed by atoms with Crippen molar-refractivity contribution < 1.29 is 19.1 Å². The van der Waals surface area contributed by atoms with Gasteiger partial charge in [0.25, 0.3) is 0 Å². The van der Waals surface area contributed by atoms with Crippen molar-refractivity contribution in [1.82, 2.24) is 9.80 Å². The van der Waals surface area contributed by atoms with Gasteiger partial charge in [0.15, 0.2) is 0 Å². The molecule has 2 amide bonds. The number of nitrogens with zero attached hydrogens (tertiary/aromatic N) is 2. The quantitative estimate of drug-likeness (QED) is 0.291. The molecule has 0 aromatic heterocycles. The fourth-order valence-electron chi connectivity index (χ4n) is 5.75. The minimum atomic E-state index is -0.435. The molecule has 6 heteroatoms. The molecule has 2 aliphatic heterocycles. The number of aryl methyl sites for hydroxylation is 2. The molecule has 0 N–H and O–H groups in total. The number of amides is 2. The van der Waals surface area contributed by atoms with Crippen molar-refractivity contribution in [2.24, 2.45) is 0 Å². The van der Waals surface area contributed by atoms with E-state index in [-0.39, 0.29) is 12.2 Å². The Kier molecular flexibility index (Phi) is 14.2. The molecule has 0 aliphatic carbocycles. The van der Waals surface area contributed by atoms with Crippen molar-refractivity contribution in [2.45, 2.75) is 130 Å². The highest BCUT2D eigenvalue weighted by Gasteiger charge is 2.27. The van der Waals surface area contributed by atoms with Gasteiger partial charge in [0.1, 0.15) is 11.2 Å². The summed E-state index contributed by atoms with van der Waals surface area (Å²) in [6.07, 6.45) is 12.0. The number of carbonyl (C=O) groups is 2. The summed E-state index contributed by atoms with van der Waals surface area (Å²) in [5.41, 5.74) is 6.00. The third-order valence-electron chi connectivity index (χ3n) is 8.42. The van der Waals surface area contributed by atoms with Gasteiger partial charge >= 0.3 is 12.2 Å². The summed E-state index contributed by atoms with van der Waals surface area (Å²) in [4.78, 5) is 27.8. The Labute approximate surface area is 279 Å². The minimum absolute atomic E-state index is 0.175. The second-order valence-corrected chi connectivity index (χ2v) is 14.8. The van der Waals surface area contributed by atoms with Crippen LogP contribution in [0.2, 0.25) is 0 Å². The average molecular weight is 633 g/mol. The van der Waals surface area contributed by atoms with E-state index in [1.165, 1.54) is 59.9 Å². The molecule has 254 valence electrons. The van der Waals surface area contributed by atoms with Crippen LogP contribution in [0.1, 0.15) is 129 Å². The first-order valence-corrected chi connectivity index (χ1v) is 17.6. The van der Waals surface area contributed by atoms with E-state index in [0.29, 0.717) is 12.5 Å². The summed E-state index contributed by atoms with van der Waals surface area (Å²) >= 11 is 0. The number of ether oxygens (including phenoxy) is 2. The van der Waals surface area contributed by atoms with Crippen LogP contribution in [0.3, 0.4) is 0 Å². The van der Waals surface area contributed by atoms with Crippen LogP contribution in [0.5, 0.6) is 0 Å². The van der Waals surface area contributed by atoms with Crippen LogP contribution in [0.4, 0.5) is 9.59 Å². The van der Waals surface area contributed by atoms with Crippen molar-refractivity contribution in [3.05, 3.63) is 76.9 Å². The van der Waals surface area contributed by atoms with Crippen LogP contribution < -0.4 is 0 Å². The van der Waals surface area contributed by atoms with Gasteiger partial charge in [-0.15, -0.1) is 0 Å². The van der Waals surface area contributed by atoms with E-state index in [0.717, 1.165) is 45.3 Å². The number of unbranched alkanes of at least 4 members (excludes halogenated alkanes) is 2. The average Bonchev–Trinajstić information content (AvgIpc) is 3.02. The number of hydrogen-bond acceptors (Lipinski definition) is 4. The molecule has 2 aromatic carbocycles. The highest BCUT2D eigenvalue weighted by molar-refractivity contribution is 5.73. The Morgan fingerprint density at radius 2 is 1.17 bits per heavy atom. The maximum Gasteiger partial charge on any atom is 0.410 e. The molecule has 6 nitrogen and oxygen atoms in total. The monoisotopic (exact) mass is 632 g/mol. The van der Waals surface area contributed by atoms with E-state index in [1.807, 2.05) is 46.4 Å². The molecule has 1 saturated heterocycles. The maximum atomic E-state index is 12.1. The third-order valence-corrected chi connectivity index (χ3v) is 8.42. The number of hydrogen-bond donors (Lipinski definition) is 0. The van der Waals surface area contributed by atoms with Gasteiger partial charge in [-0.1, -0.05) is 81.3 Å². The normalized spacial score (nSPS) is 15.9. The summed E-state index contributed by atoms with van der Waals surface area (Å²) < 4.78 is 10.9. The number of piperidine rings is 1. The van der Waals surface area contributed by atoms with Crippen molar-refractivity contribution in [3.63, 3.8) is 0 Å². The van der Waals surface area contributed by atoms with Crippen LogP contribution in [0, 0.1) is 0 Å². The zero-order chi connectivity index (χ0) is 33.7. The molecular formula is C40H60N2O4. The first-order chi connectivity index (χ1) is 21.8. The fourth-order valence-corrected chi connectivity index (χ4v) is 5.75. The van der Waals surface area contributed by atoms with E-state index in [4.69, 9.17) is 9.47 Å². The van der Waals surface area contributed by atoms with E-state index in [1.54, 1.807) is 4.90 Å². The van der Waals surface area contributed by atoms with E-state index in [9.17, 15) is 9.59 Å². The lowest BCUT2D eigenvalue weighted by molar-refractivity contribution is 0.0203. The lowest BCUT2D eigenvalue weighted by Crippen LogP contribution is -2.41. The molecule has 1 fully saturated rings. The molecule has 46 heavy (non-hydrogen) atoms. The largest absolute Gasteiger partial charge is 0.444 e. The molecule has 0 radical (unpaired) electrons. The number of carbonyl (C=O) groups excluding carboxylic acids is 2. The predicted octanol–water partition coefficient (Wildman–Crippen LogP) is 10.2. The molecule has 0 saturated carbocycles. The standard InChI is InChI=1S/C20H31NO2.C20H29NO2/c2*1-5-6-7-16-8-10-17(11-9-16)18-12-14-21(15-13-18)19(22)23-20(2,3)4/h8-11,18H,5-7,12-15H2,1-4H3;8-12H,5-7,13-15H2,1-4H3. The Morgan fingerprint density at radius 1 is 0.696 bits per heavy atom. The van der Waals surface area contributed by atoms with Crippen LogP contribution in [-0.4, -0.2) is 59.4 Å². The van der Waals surface area contributed by atoms with Crippen LogP contribution in [0.25, 0.3) is 5.57 Å². The summed E-state index contributed by atoms with van der Waals surface area (Å²) in [6, 6.07) is 18.0. The Hall–Kier alpha value is -3.28. The van der Waals surface area contributed by atoms with Gasteiger partial charge in [-0.25, -0.2) is 9.59 Å². The van der Waals surface area contributed by atoms with Gasteiger partial charge in [0.2, 0.25) is 0 Å². The number of likely N-dealkylation sites (tertiary alicyclic amines) is 1. The van der Waals surface area contributed by atoms with Crippen LogP contribution in [-0.2, 0) is 22.3 Å². The second kappa shape index (κ2) is 17.6. The molecule has 0 unspecified atom stereocenters. The summed E-state index contributed by atoms with van der Waals surface area (Å²) in [6.45, 7) is 18.8. The van der Waals surface area contributed by atoms with E-state index >= 15 is 0 Å². The summed E-state index contributed by atoms with van der Waals surface area (Å²) in [5.74, 6) is 0.564. The first kappa shape index (κ1) is 37.2. The summed E-state index contributed by atoms with van der Waals surface area (Å²) in [7, 11) is 0. The Bertz CT molecular complexity index is 1240. The topological polar surface area (TPSA) is 59.1 Å². The van der Waals surface area contributed by atoms with Crippen molar-refractivity contribution in [1.29, 1.82) is 0 Å². The van der Waals surface area contributed by atoms with Crippen LogP contribution in [0.15, 0.2) is 54.6 Å². The van der Waals surface area contributed by atoms with Crippen molar-refractivity contribution in [2.75, 3.05) is 26.2 Å². The van der Waals surface area contributed by atoms with Gasteiger partial charge in [0, 0.05) is 26.2 Å². The molecule has 2 heterocycles. The van der Waals surface area contributed by atoms with E-state index in [2.05, 4.69) is 68.5 Å². The Balaban J connectivity index is 0.000000250. The molecule has 2 aromatic rings. The molecule has 0 atom stereocenters. The number of rotatable bonds is 8. The van der Waals surface area contributed by atoms with Gasteiger partial charge in [-0.3, -0.25) is 0 Å².